The van der Waals surface area contributed by atoms with Gasteiger partial charge in [-0.2, -0.15) is 0 Å². The molecule has 25 heavy (non-hydrogen) atoms. The molecule has 7 heteroatoms. The van der Waals surface area contributed by atoms with Gasteiger partial charge in [-0.05, 0) is 60.6 Å². The van der Waals surface area contributed by atoms with Crippen LogP contribution in [0.15, 0.2) is 12.1 Å². The Labute approximate surface area is 148 Å². The SMILES string of the molecule is CC(C)(O)CC(=O)Nc1nc2ccc(C(C)(C)O)nc2n1C(C)(C)C. The second kappa shape index (κ2) is 6.07. The van der Waals surface area contributed by atoms with Crippen LogP contribution in [-0.4, -0.2) is 36.3 Å². The van der Waals surface area contributed by atoms with E-state index >= 15 is 0 Å². The van der Waals surface area contributed by atoms with Crippen molar-refractivity contribution in [2.24, 2.45) is 0 Å². The molecule has 1 amide bonds. The number of rotatable bonds is 4. The summed E-state index contributed by atoms with van der Waals surface area (Å²) in [6.07, 6.45) is -0.0390. The summed E-state index contributed by atoms with van der Waals surface area (Å²) in [5.41, 5.74) is -0.829. The Balaban J connectivity index is 2.55. The lowest BCUT2D eigenvalue weighted by Gasteiger charge is -2.25. The van der Waals surface area contributed by atoms with Crippen molar-refractivity contribution in [3.05, 3.63) is 17.8 Å². The summed E-state index contributed by atoms with van der Waals surface area (Å²) in [7, 11) is 0. The maximum absolute atomic E-state index is 12.2. The van der Waals surface area contributed by atoms with Crippen molar-refractivity contribution < 1.29 is 15.0 Å². The van der Waals surface area contributed by atoms with Gasteiger partial charge in [-0.25, -0.2) is 9.97 Å². The van der Waals surface area contributed by atoms with Gasteiger partial charge in [0.25, 0.3) is 0 Å². The lowest BCUT2D eigenvalue weighted by molar-refractivity contribution is -0.119. The zero-order valence-electron chi connectivity index (χ0n) is 16.0. The maximum atomic E-state index is 12.2. The lowest BCUT2D eigenvalue weighted by Crippen LogP contribution is -2.30. The number of hydrogen-bond acceptors (Lipinski definition) is 5. The van der Waals surface area contributed by atoms with Crippen LogP contribution >= 0.6 is 0 Å². The van der Waals surface area contributed by atoms with Crippen molar-refractivity contribution in [3.63, 3.8) is 0 Å². The summed E-state index contributed by atoms with van der Waals surface area (Å²) in [4.78, 5) is 21.3. The average molecular weight is 348 g/mol. The average Bonchev–Trinajstić information content (AvgIpc) is 2.71. The van der Waals surface area contributed by atoms with E-state index in [2.05, 4.69) is 15.3 Å². The van der Waals surface area contributed by atoms with Crippen molar-refractivity contribution in [2.45, 2.75) is 71.6 Å². The second-order valence-electron chi connectivity index (χ2n) is 8.58. The first-order chi connectivity index (χ1) is 11.2. The molecule has 0 spiro atoms. The summed E-state index contributed by atoms with van der Waals surface area (Å²) in [5, 5.41) is 22.8. The lowest BCUT2D eigenvalue weighted by atomic mass is 10.0. The highest BCUT2D eigenvalue weighted by Gasteiger charge is 2.27. The quantitative estimate of drug-likeness (QED) is 0.788. The van der Waals surface area contributed by atoms with E-state index in [0.717, 1.165) is 0 Å². The Morgan fingerprint density at radius 3 is 2.16 bits per heavy atom. The van der Waals surface area contributed by atoms with E-state index in [9.17, 15) is 15.0 Å². The molecule has 0 unspecified atom stereocenters. The van der Waals surface area contributed by atoms with Gasteiger partial charge in [0.05, 0.1) is 17.7 Å². The molecule has 0 bridgehead atoms. The van der Waals surface area contributed by atoms with Crippen LogP contribution in [0, 0.1) is 0 Å². The van der Waals surface area contributed by atoms with Crippen LogP contribution in [-0.2, 0) is 15.9 Å². The minimum atomic E-state index is -1.10. The largest absolute Gasteiger partial charge is 0.390 e. The number of fused-ring (bicyclic) bond motifs is 1. The van der Waals surface area contributed by atoms with E-state index in [1.807, 2.05) is 25.3 Å². The number of aromatic nitrogens is 3. The number of hydrogen-bond donors (Lipinski definition) is 3. The highest BCUT2D eigenvalue weighted by atomic mass is 16.3. The number of nitrogens with zero attached hydrogens (tertiary/aromatic N) is 3. The van der Waals surface area contributed by atoms with E-state index in [1.165, 1.54) is 0 Å². The van der Waals surface area contributed by atoms with Crippen molar-refractivity contribution >= 4 is 23.0 Å². The third-order valence-corrected chi connectivity index (χ3v) is 3.65. The van der Waals surface area contributed by atoms with Crippen molar-refractivity contribution in [3.8, 4) is 0 Å². The molecular weight excluding hydrogens is 320 g/mol. The van der Waals surface area contributed by atoms with Gasteiger partial charge in [0, 0.05) is 5.54 Å². The molecule has 0 radical (unpaired) electrons. The molecule has 7 nitrogen and oxygen atoms in total. The standard InChI is InChI=1S/C18H28N4O3/c1-16(2,3)22-14-11(8-9-12(20-14)18(6,7)25)19-15(22)21-13(23)10-17(4,5)24/h8-9,24-25H,10H2,1-7H3,(H,19,21,23). The number of amides is 1. The van der Waals surface area contributed by atoms with Crippen LogP contribution in [0.3, 0.4) is 0 Å². The molecule has 2 aromatic rings. The van der Waals surface area contributed by atoms with Gasteiger partial charge < -0.3 is 10.2 Å². The number of aliphatic hydroxyl groups is 2. The van der Waals surface area contributed by atoms with E-state index in [1.54, 1.807) is 39.8 Å². The first-order valence-electron chi connectivity index (χ1n) is 8.33. The first kappa shape index (κ1) is 19.3. The topological polar surface area (TPSA) is 100 Å². The van der Waals surface area contributed by atoms with Gasteiger partial charge >= 0.3 is 0 Å². The minimum Gasteiger partial charge on any atom is -0.390 e. The molecule has 2 aromatic heterocycles. The van der Waals surface area contributed by atoms with E-state index in [4.69, 9.17) is 0 Å². The maximum Gasteiger partial charge on any atom is 0.229 e. The molecule has 0 fully saturated rings. The molecule has 0 saturated heterocycles. The smallest absolute Gasteiger partial charge is 0.229 e. The van der Waals surface area contributed by atoms with E-state index in [0.29, 0.717) is 22.8 Å². The fourth-order valence-electron chi connectivity index (χ4n) is 2.58. The van der Waals surface area contributed by atoms with Crippen LogP contribution in [0.1, 0.15) is 60.6 Å². The monoisotopic (exact) mass is 348 g/mol. The zero-order valence-corrected chi connectivity index (χ0v) is 16.0. The number of imidazole rings is 1. The molecule has 138 valence electrons. The highest BCUT2D eigenvalue weighted by Crippen LogP contribution is 2.29. The Bertz CT molecular complexity index is 789. The predicted octanol–water partition coefficient (Wildman–Crippen LogP) is 2.51. The molecule has 0 aliphatic rings. The Hall–Kier alpha value is -1.99. The first-order valence-corrected chi connectivity index (χ1v) is 8.33. The summed E-state index contributed by atoms with van der Waals surface area (Å²) in [6.45, 7) is 12.5. The number of carbonyl (C=O) groups excluding carboxylic acids is 1. The van der Waals surface area contributed by atoms with E-state index < -0.39 is 16.7 Å². The van der Waals surface area contributed by atoms with Crippen LogP contribution in [0.5, 0.6) is 0 Å². The summed E-state index contributed by atoms with van der Waals surface area (Å²) < 4.78 is 1.83. The Morgan fingerprint density at radius 1 is 1.08 bits per heavy atom. The molecule has 0 saturated carbocycles. The van der Waals surface area contributed by atoms with Gasteiger partial charge in [0.15, 0.2) is 5.65 Å². The van der Waals surface area contributed by atoms with Crippen LogP contribution < -0.4 is 5.32 Å². The van der Waals surface area contributed by atoms with Crippen LogP contribution in [0.25, 0.3) is 11.2 Å². The Morgan fingerprint density at radius 2 is 1.68 bits per heavy atom. The van der Waals surface area contributed by atoms with Gasteiger partial charge in [0.1, 0.15) is 11.1 Å². The fraction of sp³-hybridized carbons (Fsp3) is 0.611. The number of nitrogens with one attached hydrogen (secondary N) is 1. The van der Waals surface area contributed by atoms with Crippen LogP contribution in [0.4, 0.5) is 5.95 Å². The van der Waals surface area contributed by atoms with Crippen molar-refractivity contribution in [1.29, 1.82) is 0 Å². The third kappa shape index (κ3) is 4.55. The van der Waals surface area contributed by atoms with Crippen LogP contribution in [0.2, 0.25) is 0 Å². The van der Waals surface area contributed by atoms with Gasteiger partial charge in [-0.1, -0.05) is 0 Å². The molecular formula is C18H28N4O3. The number of carbonyl (C=O) groups is 1. The van der Waals surface area contributed by atoms with Gasteiger partial charge in [0.2, 0.25) is 11.9 Å². The molecule has 2 rings (SSSR count). The second-order valence-corrected chi connectivity index (χ2v) is 8.58. The molecule has 0 aliphatic carbocycles. The molecule has 0 aliphatic heterocycles. The van der Waals surface area contributed by atoms with Gasteiger partial charge in [-0.3, -0.25) is 14.7 Å². The zero-order chi connectivity index (χ0) is 19.2. The summed E-state index contributed by atoms with van der Waals surface area (Å²) in [6, 6.07) is 3.51. The number of pyridine rings is 1. The summed E-state index contributed by atoms with van der Waals surface area (Å²) in [5.74, 6) is 0.0492. The molecule has 2 heterocycles. The third-order valence-electron chi connectivity index (χ3n) is 3.65. The number of anilines is 1. The van der Waals surface area contributed by atoms with Crippen molar-refractivity contribution in [2.75, 3.05) is 5.32 Å². The van der Waals surface area contributed by atoms with E-state index in [-0.39, 0.29) is 12.3 Å². The summed E-state index contributed by atoms with van der Waals surface area (Å²) >= 11 is 0. The highest BCUT2D eigenvalue weighted by molar-refractivity contribution is 5.91. The fourth-order valence-corrected chi connectivity index (χ4v) is 2.58. The molecule has 0 aromatic carbocycles. The molecule has 0 atom stereocenters. The van der Waals surface area contributed by atoms with Gasteiger partial charge in [-0.15, -0.1) is 0 Å². The minimum absolute atomic E-state index is 0.0390. The predicted molar refractivity (Wildman–Crippen MR) is 97.3 cm³/mol. The van der Waals surface area contributed by atoms with Crippen molar-refractivity contribution in [1.82, 2.24) is 14.5 Å². The Kier molecular flexibility index (Phi) is 4.69. The normalized spacial score (nSPS) is 13.3. The molecule has 3 N–H and O–H groups in total.